The Morgan fingerprint density at radius 3 is 2.46 bits per heavy atom. The van der Waals surface area contributed by atoms with E-state index in [1.54, 1.807) is 19.1 Å². The van der Waals surface area contributed by atoms with Gasteiger partial charge in [0.2, 0.25) is 0 Å². The number of epoxide rings is 1. The van der Waals surface area contributed by atoms with E-state index in [4.69, 9.17) is 4.74 Å². The van der Waals surface area contributed by atoms with Gasteiger partial charge < -0.3 is 9.84 Å². The minimum atomic E-state index is -0.463. The van der Waals surface area contributed by atoms with Crippen LogP contribution in [0.25, 0.3) is 0 Å². The van der Waals surface area contributed by atoms with Crippen LogP contribution in [0, 0.1) is 5.82 Å². The average Bonchev–Trinajstić information content (AvgIpc) is 2.85. The molecule has 1 aromatic carbocycles. The first kappa shape index (κ1) is 8.66. The Morgan fingerprint density at radius 2 is 2.00 bits per heavy atom. The predicted molar refractivity (Wildman–Crippen MR) is 45.7 cm³/mol. The lowest BCUT2D eigenvalue weighted by Crippen LogP contribution is -2.09. The van der Waals surface area contributed by atoms with Crippen molar-refractivity contribution in [1.29, 1.82) is 0 Å². The van der Waals surface area contributed by atoms with E-state index in [0.29, 0.717) is 0 Å². The predicted octanol–water partition coefficient (Wildman–Crippen LogP) is 1.65. The van der Waals surface area contributed by atoms with Crippen LogP contribution < -0.4 is 0 Å². The van der Waals surface area contributed by atoms with Gasteiger partial charge in [-0.1, -0.05) is 12.1 Å². The maximum absolute atomic E-state index is 12.5. The fraction of sp³-hybridized carbons (Fsp3) is 0.400. The Balaban J connectivity index is 2.08. The lowest BCUT2D eigenvalue weighted by Gasteiger charge is -1.97. The largest absolute Gasteiger partial charge is 0.391 e. The Bertz CT molecular complexity index is 294. The molecule has 3 atom stereocenters. The Kier molecular flexibility index (Phi) is 2.06. The van der Waals surface area contributed by atoms with Crippen LogP contribution in [0.5, 0.6) is 0 Å². The van der Waals surface area contributed by atoms with E-state index in [9.17, 15) is 9.50 Å². The van der Waals surface area contributed by atoms with Crippen LogP contribution in [0.15, 0.2) is 24.3 Å². The van der Waals surface area contributed by atoms with Gasteiger partial charge in [-0.2, -0.15) is 0 Å². The molecule has 1 aliphatic heterocycles. The Labute approximate surface area is 76.0 Å². The highest BCUT2D eigenvalue weighted by molar-refractivity contribution is 5.23. The highest BCUT2D eigenvalue weighted by Gasteiger charge is 2.43. The zero-order valence-corrected chi connectivity index (χ0v) is 7.27. The molecular weight excluding hydrogens is 171 g/mol. The van der Waals surface area contributed by atoms with Gasteiger partial charge in [0, 0.05) is 0 Å². The third-order valence-electron chi connectivity index (χ3n) is 2.20. The van der Waals surface area contributed by atoms with Crippen molar-refractivity contribution in [2.75, 3.05) is 0 Å². The second-order valence-corrected chi connectivity index (χ2v) is 3.31. The second-order valence-electron chi connectivity index (χ2n) is 3.31. The van der Waals surface area contributed by atoms with Crippen LogP contribution in [0.2, 0.25) is 0 Å². The maximum atomic E-state index is 12.5. The molecule has 1 aromatic rings. The van der Waals surface area contributed by atoms with Crippen molar-refractivity contribution >= 4 is 0 Å². The molecule has 0 amide bonds. The van der Waals surface area contributed by atoms with Gasteiger partial charge in [0.25, 0.3) is 0 Å². The van der Waals surface area contributed by atoms with E-state index in [1.165, 1.54) is 12.1 Å². The van der Waals surface area contributed by atoms with E-state index >= 15 is 0 Å². The molecule has 1 fully saturated rings. The molecule has 70 valence electrons. The average molecular weight is 182 g/mol. The van der Waals surface area contributed by atoms with E-state index in [2.05, 4.69) is 0 Å². The van der Waals surface area contributed by atoms with Gasteiger partial charge in [0.05, 0.1) is 6.10 Å². The molecule has 1 N–H and O–H groups in total. The molecule has 1 heterocycles. The SMILES string of the molecule is C[C@@H](O)[C@@H]1O[C@H]1c1ccc(F)cc1. The number of hydrogen-bond donors (Lipinski definition) is 1. The highest BCUT2D eigenvalue weighted by Crippen LogP contribution is 2.40. The standard InChI is InChI=1S/C10H11FO2/c1-6(12)9-10(13-9)7-2-4-8(11)5-3-7/h2-6,9-10,12H,1H3/t6-,9+,10+/m1/s1. The fourth-order valence-corrected chi connectivity index (χ4v) is 1.41. The monoisotopic (exact) mass is 182 g/mol. The zero-order valence-electron chi connectivity index (χ0n) is 7.27. The van der Waals surface area contributed by atoms with Crippen molar-refractivity contribution in [3.63, 3.8) is 0 Å². The summed E-state index contributed by atoms with van der Waals surface area (Å²) in [5.74, 6) is -0.252. The van der Waals surface area contributed by atoms with Gasteiger partial charge in [-0.3, -0.25) is 0 Å². The number of ether oxygens (including phenoxy) is 1. The summed E-state index contributed by atoms with van der Waals surface area (Å²) in [6.07, 6.45) is -0.638. The summed E-state index contributed by atoms with van der Waals surface area (Å²) >= 11 is 0. The summed E-state index contributed by atoms with van der Waals surface area (Å²) in [6.45, 7) is 1.69. The number of benzene rings is 1. The second kappa shape index (κ2) is 3.09. The van der Waals surface area contributed by atoms with E-state index in [1.807, 2.05) is 0 Å². The summed E-state index contributed by atoms with van der Waals surface area (Å²) in [7, 11) is 0. The van der Waals surface area contributed by atoms with Crippen molar-refractivity contribution in [2.24, 2.45) is 0 Å². The minimum absolute atomic E-state index is 0.0550. The molecule has 0 aliphatic carbocycles. The summed E-state index contributed by atoms with van der Waals surface area (Å²) in [5.41, 5.74) is 0.923. The number of halogens is 1. The summed E-state index contributed by atoms with van der Waals surface area (Å²) in [4.78, 5) is 0. The Hall–Kier alpha value is -0.930. The quantitative estimate of drug-likeness (QED) is 0.705. The molecule has 3 heteroatoms. The molecule has 2 nitrogen and oxygen atoms in total. The zero-order chi connectivity index (χ0) is 9.42. The topological polar surface area (TPSA) is 32.8 Å². The smallest absolute Gasteiger partial charge is 0.123 e. The van der Waals surface area contributed by atoms with Crippen molar-refractivity contribution in [2.45, 2.75) is 25.2 Å². The molecule has 0 aromatic heterocycles. The molecule has 0 radical (unpaired) electrons. The third kappa shape index (κ3) is 1.71. The van der Waals surface area contributed by atoms with E-state index in [0.717, 1.165) is 5.56 Å². The van der Waals surface area contributed by atoms with Gasteiger partial charge in [-0.05, 0) is 24.6 Å². The first-order valence-electron chi connectivity index (χ1n) is 4.27. The van der Waals surface area contributed by atoms with Gasteiger partial charge in [-0.15, -0.1) is 0 Å². The summed E-state index contributed by atoms with van der Waals surface area (Å²) in [5, 5.41) is 9.18. The molecule has 2 rings (SSSR count). The normalized spacial score (nSPS) is 28.5. The molecule has 0 unspecified atom stereocenters. The number of hydrogen-bond acceptors (Lipinski definition) is 2. The molecule has 0 saturated carbocycles. The Morgan fingerprint density at radius 1 is 1.38 bits per heavy atom. The molecule has 0 spiro atoms. The number of aliphatic hydroxyl groups excluding tert-OH is 1. The van der Waals surface area contributed by atoms with Crippen molar-refractivity contribution in [3.8, 4) is 0 Å². The highest BCUT2D eigenvalue weighted by atomic mass is 19.1. The first-order chi connectivity index (χ1) is 6.18. The van der Waals surface area contributed by atoms with Crippen molar-refractivity contribution < 1.29 is 14.2 Å². The molecule has 0 bridgehead atoms. The van der Waals surface area contributed by atoms with Gasteiger partial charge >= 0.3 is 0 Å². The van der Waals surface area contributed by atoms with Gasteiger partial charge in [0.1, 0.15) is 18.0 Å². The molecule has 13 heavy (non-hydrogen) atoms. The fourth-order valence-electron chi connectivity index (χ4n) is 1.41. The summed E-state index contributed by atoms with van der Waals surface area (Å²) < 4.78 is 17.8. The lowest BCUT2D eigenvalue weighted by molar-refractivity contribution is 0.152. The molecular formula is C10H11FO2. The van der Waals surface area contributed by atoms with E-state index in [-0.39, 0.29) is 18.0 Å². The van der Waals surface area contributed by atoms with Crippen LogP contribution in [0.3, 0.4) is 0 Å². The lowest BCUT2D eigenvalue weighted by atomic mass is 10.1. The summed E-state index contributed by atoms with van der Waals surface area (Å²) in [6, 6.07) is 6.16. The van der Waals surface area contributed by atoms with Crippen molar-refractivity contribution in [3.05, 3.63) is 35.6 Å². The number of aliphatic hydroxyl groups is 1. The number of rotatable bonds is 2. The first-order valence-corrected chi connectivity index (χ1v) is 4.27. The molecule has 1 saturated heterocycles. The van der Waals surface area contributed by atoms with E-state index < -0.39 is 6.10 Å². The minimum Gasteiger partial charge on any atom is -0.391 e. The van der Waals surface area contributed by atoms with Crippen molar-refractivity contribution in [1.82, 2.24) is 0 Å². The van der Waals surface area contributed by atoms with Crippen LogP contribution in [0.4, 0.5) is 4.39 Å². The maximum Gasteiger partial charge on any atom is 0.123 e. The molecule has 1 aliphatic rings. The van der Waals surface area contributed by atoms with Crippen LogP contribution in [0.1, 0.15) is 18.6 Å². The van der Waals surface area contributed by atoms with Crippen LogP contribution >= 0.6 is 0 Å². The van der Waals surface area contributed by atoms with Crippen LogP contribution in [-0.4, -0.2) is 17.3 Å². The van der Waals surface area contributed by atoms with Gasteiger partial charge in [0.15, 0.2) is 0 Å². The van der Waals surface area contributed by atoms with Gasteiger partial charge in [-0.25, -0.2) is 4.39 Å². The third-order valence-corrected chi connectivity index (χ3v) is 2.20. The van der Waals surface area contributed by atoms with Crippen LogP contribution in [-0.2, 0) is 4.74 Å².